The molecule has 1 aromatic carbocycles. The normalized spacial score (nSPS) is 20.8. The Morgan fingerprint density at radius 1 is 1.50 bits per heavy atom. The maximum atomic E-state index is 13.3. The Balaban J connectivity index is 2.14. The summed E-state index contributed by atoms with van der Waals surface area (Å²) in [5.74, 6) is -1.97. The van der Waals surface area contributed by atoms with Crippen molar-refractivity contribution in [3.63, 3.8) is 0 Å². The van der Waals surface area contributed by atoms with Crippen LogP contribution in [0, 0.1) is 11.7 Å². The van der Waals surface area contributed by atoms with E-state index in [9.17, 15) is 17.6 Å². The fourth-order valence-electron chi connectivity index (χ4n) is 2.26. The largest absolute Gasteiger partial charge is 0.478 e. The van der Waals surface area contributed by atoms with Crippen LogP contribution in [0.5, 0.6) is 0 Å². The van der Waals surface area contributed by atoms with Gasteiger partial charge in [-0.3, -0.25) is 0 Å². The molecule has 0 radical (unpaired) electrons. The van der Waals surface area contributed by atoms with Crippen molar-refractivity contribution in [2.45, 2.75) is 6.42 Å². The molecule has 8 heteroatoms. The smallest absolute Gasteiger partial charge is 0.340 e. The minimum Gasteiger partial charge on any atom is -0.478 e. The van der Waals surface area contributed by atoms with Gasteiger partial charge >= 0.3 is 5.97 Å². The van der Waals surface area contributed by atoms with Gasteiger partial charge < -0.3 is 16.2 Å². The average Bonchev–Trinajstić information content (AvgIpc) is 2.70. The number of carboxylic acid groups (broad SMARTS) is 1. The molecule has 110 valence electrons. The number of halogens is 1. The zero-order valence-electron chi connectivity index (χ0n) is 10.6. The lowest BCUT2D eigenvalue weighted by molar-refractivity contribution is 0.0698. The molecule has 0 saturated carbocycles. The van der Waals surface area contributed by atoms with Crippen LogP contribution >= 0.6 is 0 Å². The van der Waals surface area contributed by atoms with Crippen molar-refractivity contribution < 1.29 is 22.7 Å². The van der Waals surface area contributed by atoms with Crippen LogP contribution in [0.2, 0.25) is 0 Å². The van der Waals surface area contributed by atoms with Gasteiger partial charge in [0.25, 0.3) is 0 Å². The number of carbonyl (C=O) groups is 1. The highest BCUT2D eigenvalue weighted by atomic mass is 32.2. The third-order valence-corrected chi connectivity index (χ3v) is 5.15. The molecule has 1 unspecified atom stereocenters. The molecule has 0 amide bonds. The first-order chi connectivity index (χ1) is 9.30. The molecule has 1 fully saturated rings. The Morgan fingerprint density at radius 3 is 2.75 bits per heavy atom. The lowest BCUT2D eigenvalue weighted by Gasteiger charge is -2.14. The molecule has 4 N–H and O–H groups in total. The second-order valence-corrected chi connectivity index (χ2v) is 7.07. The molecule has 1 saturated heterocycles. The number of benzene rings is 1. The van der Waals surface area contributed by atoms with Gasteiger partial charge in [0.2, 0.25) is 0 Å². The highest BCUT2D eigenvalue weighted by Gasteiger charge is 2.28. The first-order valence-corrected chi connectivity index (χ1v) is 7.88. The van der Waals surface area contributed by atoms with Gasteiger partial charge in [0, 0.05) is 6.54 Å². The standard InChI is InChI=1S/C12H15FN2O4S/c13-8-1-2-9(10(11(8)14)12(16)17)15-5-7-3-4-20(18,19)6-7/h1-2,7,15H,3-6,14H2,(H,16,17). The summed E-state index contributed by atoms with van der Waals surface area (Å²) in [5.41, 5.74) is 4.86. The molecule has 1 aliphatic heterocycles. The van der Waals surface area contributed by atoms with Crippen LogP contribution in [0.15, 0.2) is 12.1 Å². The lowest BCUT2D eigenvalue weighted by Crippen LogP contribution is -2.18. The molecule has 20 heavy (non-hydrogen) atoms. The Hall–Kier alpha value is -1.83. The molecule has 1 heterocycles. The maximum absolute atomic E-state index is 13.3. The zero-order valence-corrected chi connectivity index (χ0v) is 11.4. The predicted molar refractivity (Wildman–Crippen MR) is 73.0 cm³/mol. The number of nitrogens with two attached hydrogens (primary N) is 1. The van der Waals surface area contributed by atoms with Gasteiger partial charge in [-0.15, -0.1) is 0 Å². The number of anilines is 2. The highest BCUT2D eigenvalue weighted by molar-refractivity contribution is 7.91. The van der Waals surface area contributed by atoms with Crippen LogP contribution in [0.1, 0.15) is 16.8 Å². The molecule has 1 atom stereocenters. The van der Waals surface area contributed by atoms with E-state index in [1.54, 1.807) is 0 Å². The Bertz CT molecular complexity index is 645. The topological polar surface area (TPSA) is 109 Å². The van der Waals surface area contributed by atoms with Crippen molar-refractivity contribution in [2.24, 2.45) is 5.92 Å². The first kappa shape index (κ1) is 14.6. The van der Waals surface area contributed by atoms with Crippen LogP contribution in [-0.2, 0) is 9.84 Å². The number of nitrogens with one attached hydrogen (secondary N) is 1. The first-order valence-electron chi connectivity index (χ1n) is 6.06. The molecule has 0 spiro atoms. The minimum absolute atomic E-state index is 0.0760. The van der Waals surface area contributed by atoms with Crippen LogP contribution in [0.25, 0.3) is 0 Å². The summed E-state index contributed by atoms with van der Waals surface area (Å²) in [6.07, 6.45) is 0.536. The SMILES string of the molecule is Nc1c(F)ccc(NCC2CCS(=O)(=O)C2)c1C(=O)O. The van der Waals surface area contributed by atoms with Gasteiger partial charge in [-0.25, -0.2) is 17.6 Å². The van der Waals surface area contributed by atoms with Gasteiger partial charge in [-0.1, -0.05) is 0 Å². The van der Waals surface area contributed by atoms with Crippen molar-refractivity contribution in [3.8, 4) is 0 Å². The van der Waals surface area contributed by atoms with Gasteiger partial charge in [0.05, 0.1) is 22.9 Å². The van der Waals surface area contributed by atoms with E-state index >= 15 is 0 Å². The van der Waals surface area contributed by atoms with Gasteiger partial charge in [-0.2, -0.15) is 0 Å². The van der Waals surface area contributed by atoms with Crippen molar-refractivity contribution in [1.29, 1.82) is 0 Å². The van der Waals surface area contributed by atoms with Gasteiger partial charge in [0.1, 0.15) is 11.4 Å². The summed E-state index contributed by atoms with van der Waals surface area (Å²) in [6.45, 7) is 0.310. The van der Waals surface area contributed by atoms with Crippen molar-refractivity contribution in [2.75, 3.05) is 29.1 Å². The molecular weight excluding hydrogens is 287 g/mol. The number of aromatic carboxylic acids is 1. The summed E-state index contributed by atoms with van der Waals surface area (Å²) < 4.78 is 35.9. The molecule has 2 rings (SSSR count). The molecule has 6 nitrogen and oxygen atoms in total. The van der Waals surface area contributed by atoms with Crippen LogP contribution in [-0.4, -0.2) is 37.5 Å². The molecule has 1 aliphatic rings. The van der Waals surface area contributed by atoms with E-state index in [2.05, 4.69) is 5.32 Å². The third-order valence-electron chi connectivity index (χ3n) is 3.31. The predicted octanol–water partition coefficient (Wildman–Crippen LogP) is 0.953. The summed E-state index contributed by atoms with van der Waals surface area (Å²) in [5, 5.41) is 11.9. The molecular formula is C12H15FN2O4S. The number of hydrogen-bond donors (Lipinski definition) is 3. The summed E-state index contributed by atoms with van der Waals surface area (Å²) in [4.78, 5) is 11.1. The Kier molecular flexibility index (Phi) is 3.85. The molecule has 0 bridgehead atoms. The lowest BCUT2D eigenvalue weighted by atomic mass is 10.1. The second-order valence-electron chi connectivity index (χ2n) is 4.84. The van der Waals surface area contributed by atoms with E-state index in [-0.39, 0.29) is 28.7 Å². The summed E-state index contributed by atoms with van der Waals surface area (Å²) in [7, 11) is -2.98. The van der Waals surface area contributed by atoms with Gasteiger partial charge in [0.15, 0.2) is 9.84 Å². The summed E-state index contributed by atoms with van der Waals surface area (Å²) in [6, 6.07) is 2.37. The van der Waals surface area contributed by atoms with E-state index in [0.29, 0.717) is 13.0 Å². The van der Waals surface area contributed by atoms with Crippen LogP contribution in [0.3, 0.4) is 0 Å². The molecule has 0 aromatic heterocycles. The highest BCUT2D eigenvalue weighted by Crippen LogP contribution is 2.26. The molecule has 1 aromatic rings. The second kappa shape index (κ2) is 5.28. The fraction of sp³-hybridized carbons (Fsp3) is 0.417. The van der Waals surface area contributed by atoms with E-state index < -0.39 is 27.3 Å². The number of rotatable bonds is 4. The number of nitrogen functional groups attached to an aromatic ring is 1. The van der Waals surface area contributed by atoms with Gasteiger partial charge in [-0.05, 0) is 24.5 Å². The zero-order chi connectivity index (χ0) is 14.9. The number of hydrogen-bond acceptors (Lipinski definition) is 5. The van der Waals surface area contributed by atoms with Crippen molar-refractivity contribution in [3.05, 3.63) is 23.5 Å². The van der Waals surface area contributed by atoms with E-state index in [0.717, 1.165) is 6.07 Å². The quantitative estimate of drug-likeness (QED) is 0.714. The Morgan fingerprint density at radius 2 is 2.20 bits per heavy atom. The van der Waals surface area contributed by atoms with Crippen LogP contribution < -0.4 is 11.1 Å². The monoisotopic (exact) mass is 302 g/mol. The molecule has 0 aliphatic carbocycles. The number of carboxylic acids is 1. The van der Waals surface area contributed by atoms with E-state index in [4.69, 9.17) is 10.8 Å². The van der Waals surface area contributed by atoms with Crippen LogP contribution in [0.4, 0.5) is 15.8 Å². The summed E-state index contributed by atoms with van der Waals surface area (Å²) >= 11 is 0. The van der Waals surface area contributed by atoms with Crippen molar-refractivity contribution >= 4 is 27.2 Å². The van der Waals surface area contributed by atoms with E-state index in [1.807, 2.05) is 0 Å². The minimum atomic E-state index is -2.98. The fourth-order valence-corrected chi connectivity index (χ4v) is 4.12. The van der Waals surface area contributed by atoms with Crippen molar-refractivity contribution in [1.82, 2.24) is 0 Å². The van der Waals surface area contributed by atoms with E-state index in [1.165, 1.54) is 6.07 Å². The Labute approximate surface area is 115 Å². The third kappa shape index (κ3) is 3.01. The average molecular weight is 302 g/mol. The number of sulfone groups is 1. The maximum Gasteiger partial charge on any atom is 0.340 e.